The molecule has 3 nitrogen and oxygen atoms in total. The van der Waals surface area contributed by atoms with Gasteiger partial charge in [0.1, 0.15) is 5.76 Å². The molecule has 0 aliphatic heterocycles. The average Bonchev–Trinajstić information content (AvgIpc) is 2.68. The van der Waals surface area contributed by atoms with E-state index in [0.717, 1.165) is 11.3 Å². The average molecular weight is 643 g/mol. The van der Waals surface area contributed by atoms with Gasteiger partial charge in [0.2, 0.25) is 5.78 Å². The van der Waals surface area contributed by atoms with Crippen molar-refractivity contribution < 1.29 is 60.7 Å². The van der Waals surface area contributed by atoms with Crippen molar-refractivity contribution in [1.29, 1.82) is 0 Å². The zero-order valence-electron chi connectivity index (χ0n) is 17.0. The fourth-order valence-electron chi connectivity index (χ4n) is 1.84. The van der Waals surface area contributed by atoms with Gasteiger partial charge in [0.05, 0.1) is 0 Å². The molecule has 0 aliphatic carbocycles. The molecule has 1 radical (unpaired) electrons. The maximum Gasteiger partial charge on any atom is 0.460 e. The second-order valence-electron chi connectivity index (χ2n) is 7.28. The second-order valence-corrected chi connectivity index (χ2v) is 7.28. The molecule has 0 aliphatic rings. The summed E-state index contributed by atoms with van der Waals surface area (Å²) in [5, 5.41) is 9.17. The van der Waals surface area contributed by atoms with Crippen LogP contribution in [-0.2, 0) is 24.9 Å². The number of aromatic nitrogens is 1. The Bertz CT molecular complexity index is 856. The monoisotopic (exact) mass is 643 g/mol. The molecule has 0 fully saturated rings. The van der Waals surface area contributed by atoms with Gasteiger partial charge in [-0.15, -0.1) is 35.9 Å². The van der Waals surface area contributed by atoms with E-state index in [1.807, 2.05) is 42.5 Å². The van der Waals surface area contributed by atoms with Crippen molar-refractivity contribution in [3.63, 3.8) is 0 Å². The Kier molecular flexibility index (Phi) is 10.3. The van der Waals surface area contributed by atoms with E-state index in [1.165, 1.54) is 20.8 Å². The first-order chi connectivity index (χ1) is 14.0. The normalized spacial score (nSPS) is 12.9. The van der Waals surface area contributed by atoms with E-state index in [4.69, 9.17) is 5.11 Å². The quantitative estimate of drug-likeness (QED) is 0.181. The SMILES string of the molecule is CC(C)(C)C(O)=CC(=O)C(F)(F)C(F)(F)C(F)(F)F.[Ir].[c-]1ccccc1-c1ccccn1. The second kappa shape index (κ2) is 11.0. The molecule has 0 saturated carbocycles. The van der Waals surface area contributed by atoms with Gasteiger partial charge in [-0.1, -0.05) is 32.9 Å². The Morgan fingerprint density at radius 3 is 1.94 bits per heavy atom. The molecule has 32 heavy (non-hydrogen) atoms. The van der Waals surface area contributed by atoms with Crippen molar-refractivity contribution in [1.82, 2.24) is 4.98 Å². The van der Waals surface area contributed by atoms with E-state index in [-0.39, 0.29) is 26.2 Å². The smallest absolute Gasteiger partial charge is 0.460 e. The predicted octanol–water partition coefficient (Wildman–Crippen LogP) is 6.42. The van der Waals surface area contributed by atoms with Crippen LogP contribution < -0.4 is 0 Å². The molecule has 1 aromatic heterocycles. The van der Waals surface area contributed by atoms with Crippen LogP contribution in [0, 0.1) is 11.5 Å². The van der Waals surface area contributed by atoms with E-state index in [1.54, 1.807) is 6.20 Å². The summed E-state index contributed by atoms with van der Waals surface area (Å²) in [5.74, 6) is -16.4. The van der Waals surface area contributed by atoms with Crippen LogP contribution in [0.25, 0.3) is 11.3 Å². The zero-order chi connectivity index (χ0) is 24.1. The minimum Gasteiger partial charge on any atom is -0.512 e. The molecular formula is C21H19F7IrNO2-. The first-order valence-corrected chi connectivity index (χ1v) is 8.68. The molecule has 1 aromatic carbocycles. The maximum atomic E-state index is 12.9. The topological polar surface area (TPSA) is 50.2 Å². The first kappa shape index (κ1) is 29.7. The fraction of sp³-hybridized carbons (Fsp3) is 0.333. The number of nitrogens with zero attached hydrogens (tertiary/aromatic N) is 1. The third-order valence-electron chi connectivity index (χ3n) is 3.75. The van der Waals surface area contributed by atoms with Gasteiger partial charge in [-0.2, -0.15) is 30.7 Å². The van der Waals surface area contributed by atoms with E-state index in [9.17, 15) is 35.5 Å². The number of carbonyl (C=O) groups excluding carboxylic acids is 1. The van der Waals surface area contributed by atoms with Crippen molar-refractivity contribution in [2.45, 2.75) is 38.8 Å². The molecule has 0 atom stereocenters. The zero-order valence-corrected chi connectivity index (χ0v) is 19.4. The molecule has 1 N–H and O–H groups in total. The standard InChI is InChI=1S/C11H8N.C10H11F7O2.Ir/c1-2-6-10(7-3-1)11-8-4-5-9-12-11;1-7(2,3)5(18)4-6(19)8(11,12)9(13,14)10(15,16)17;/h1-6,8-9H;4,18H,1-3H3;/q-1;;. The minimum atomic E-state index is -6.59. The number of halogens is 7. The molecule has 0 saturated heterocycles. The van der Waals surface area contributed by atoms with Crippen molar-refractivity contribution >= 4 is 5.78 Å². The fourth-order valence-corrected chi connectivity index (χ4v) is 1.84. The van der Waals surface area contributed by atoms with Crippen LogP contribution in [0.2, 0.25) is 0 Å². The summed E-state index contributed by atoms with van der Waals surface area (Å²) in [6, 6.07) is 16.8. The third kappa shape index (κ3) is 7.41. The number of pyridine rings is 1. The van der Waals surface area contributed by atoms with Gasteiger partial charge in [-0.25, -0.2) is 0 Å². The molecule has 0 amide bonds. The van der Waals surface area contributed by atoms with Gasteiger partial charge in [0.25, 0.3) is 0 Å². The van der Waals surface area contributed by atoms with Gasteiger partial charge in [0, 0.05) is 37.8 Å². The number of alkyl halides is 7. The Morgan fingerprint density at radius 1 is 0.969 bits per heavy atom. The van der Waals surface area contributed by atoms with Gasteiger partial charge in [-0.05, 0) is 11.8 Å². The van der Waals surface area contributed by atoms with Gasteiger partial charge < -0.3 is 10.1 Å². The number of benzene rings is 1. The van der Waals surface area contributed by atoms with E-state index in [2.05, 4.69) is 11.1 Å². The summed E-state index contributed by atoms with van der Waals surface area (Å²) in [6.07, 6.45) is -5.12. The Balaban J connectivity index is 0.000000631. The van der Waals surface area contributed by atoms with Crippen molar-refractivity contribution in [3.05, 3.63) is 66.6 Å². The molecule has 2 aromatic rings. The van der Waals surface area contributed by atoms with Crippen LogP contribution in [0.15, 0.2) is 60.5 Å². The molecule has 0 unspecified atom stereocenters. The maximum absolute atomic E-state index is 12.9. The predicted molar refractivity (Wildman–Crippen MR) is 99.6 cm³/mol. The van der Waals surface area contributed by atoms with E-state index in [0.29, 0.717) is 0 Å². The van der Waals surface area contributed by atoms with Gasteiger partial charge in [-0.3, -0.25) is 4.79 Å². The van der Waals surface area contributed by atoms with E-state index < -0.39 is 35.0 Å². The Morgan fingerprint density at radius 2 is 1.53 bits per heavy atom. The Labute approximate surface area is 193 Å². The third-order valence-corrected chi connectivity index (χ3v) is 3.75. The number of hydrogen-bond acceptors (Lipinski definition) is 3. The number of aliphatic hydroxyl groups is 1. The number of aliphatic hydroxyl groups excluding tert-OH is 1. The van der Waals surface area contributed by atoms with Gasteiger partial charge >= 0.3 is 18.0 Å². The molecule has 1 heterocycles. The van der Waals surface area contributed by atoms with Crippen LogP contribution >= 0.6 is 0 Å². The van der Waals surface area contributed by atoms with Gasteiger partial charge in [0.15, 0.2) is 0 Å². The summed E-state index contributed by atoms with van der Waals surface area (Å²) in [6.45, 7) is 3.73. The summed E-state index contributed by atoms with van der Waals surface area (Å²) < 4.78 is 86.1. The summed E-state index contributed by atoms with van der Waals surface area (Å²) >= 11 is 0. The minimum absolute atomic E-state index is 0. The number of ketones is 1. The molecule has 11 heteroatoms. The van der Waals surface area contributed by atoms with Crippen LogP contribution in [-0.4, -0.2) is 33.9 Å². The van der Waals surface area contributed by atoms with Crippen LogP contribution in [0.3, 0.4) is 0 Å². The number of hydrogen-bond donors (Lipinski definition) is 1. The molecule has 0 spiro atoms. The van der Waals surface area contributed by atoms with Crippen LogP contribution in [0.5, 0.6) is 0 Å². The molecular weight excluding hydrogens is 623 g/mol. The molecule has 2 rings (SSSR count). The largest absolute Gasteiger partial charge is 0.512 e. The van der Waals surface area contributed by atoms with Crippen molar-refractivity contribution in [3.8, 4) is 11.3 Å². The van der Waals surface area contributed by atoms with Crippen LogP contribution in [0.4, 0.5) is 30.7 Å². The summed E-state index contributed by atoms with van der Waals surface area (Å²) in [7, 11) is 0. The van der Waals surface area contributed by atoms with E-state index >= 15 is 0 Å². The Hall–Kier alpha value is -2.26. The summed E-state index contributed by atoms with van der Waals surface area (Å²) in [4.78, 5) is 15.1. The summed E-state index contributed by atoms with van der Waals surface area (Å²) in [5.41, 5.74) is 0.760. The molecule has 0 bridgehead atoms. The van der Waals surface area contributed by atoms with Crippen molar-refractivity contribution in [2.24, 2.45) is 5.41 Å². The van der Waals surface area contributed by atoms with Crippen LogP contribution in [0.1, 0.15) is 20.8 Å². The number of carbonyl (C=O) groups is 1. The van der Waals surface area contributed by atoms with Crippen molar-refractivity contribution in [2.75, 3.05) is 0 Å². The molecule has 179 valence electrons. The number of rotatable bonds is 4. The number of allylic oxidation sites excluding steroid dienone is 2. The first-order valence-electron chi connectivity index (χ1n) is 8.68.